The Morgan fingerprint density at radius 1 is 1.14 bits per heavy atom. The van der Waals surface area contributed by atoms with Gasteiger partial charge in [0.05, 0.1) is 31.0 Å². The van der Waals surface area contributed by atoms with Crippen molar-refractivity contribution in [1.29, 1.82) is 0 Å². The molecule has 1 atom stereocenters. The highest BCUT2D eigenvalue weighted by molar-refractivity contribution is 6.32. The van der Waals surface area contributed by atoms with Gasteiger partial charge in [-0.2, -0.15) is 0 Å². The van der Waals surface area contributed by atoms with Gasteiger partial charge >= 0.3 is 6.03 Å². The number of hydrogen-bond donors (Lipinski definition) is 1. The van der Waals surface area contributed by atoms with Crippen LogP contribution >= 0.6 is 11.6 Å². The predicted molar refractivity (Wildman–Crippen MR) is 110 cm³/mol. The standard InChI is InChI=1S/C20H26ClN5O3/c1-28-17-11-18(29-2)15(10-14(17)21)23-20(27)25-9-5-8-16(25)19-24-22-12-26(19)13-6-3-4-7-13/h10-13,16H,3-9H2,1-2H3,(H,23,27). The van der Waals surface area contributed by atoms with E-state index in [9.17, 15) is 4.79 Å². The normalized spacial score (nSPS) is 19.6. The highest BCUT2D eigenvalue weighted by Gasteiger charge is 2.35. The first-order valence-electron chi connectivity index (χ1n) is 10.0. The summed E-state index contributed by atoms with van der Waals surface area (Å²) in [6.45, 7) is 0.667. The third-order valence-electron chi connectivity index (χ3n) is 5.85. The van der Waals surface area contributed by atoms with Gasteiger partial charge in [0.1, 0.15) is 17.8 Å². The van der Waals surface area contributed by atoms with Gasteiger partial charge in [-0.25, -0.2) is 4.79 Å². The molecule has 1 aliphatic carbocycles. The number of anilines is 1. The molecule has 2 fully saturated rings. The van der Waals surface area contributed by atoms with Gasteiger partial charge in [0.15, 0.2) is 5.82 Å². The van der Waals surface area contributed by atoms with Crippen molar-refractivity contribution in [2.75, 3.05) is 26.1 Å². The van der Waals surface area contributed by atoms with Crippen LogP contribution in [0.15, 0.2) is 18.5 Å². The fourth-order valence-electron chi connectivity index (χ4n) is 4.38. The maximum absolute atomic E-state index is 13.1. The van der Waals surface area contributed by atoms with Crippen LogP contribution < -0.4 is 14.8 Å². The molecule has 156 valence electrons. The van der Waals surface area contributed by atoms with Gasteiger partial charge in [0.2, 0.25) is 0 Å². The molecule has 1 N–H and O–H groups in total. The van der Waals surface area contributed by atoms with Crippen LogP contribution in [0, 0.1) is 0 Å². The second-order valence-electron chi connectivity index (χ2n) is 7.50. The van der Waals surface area contributed by atoms with Crippen LogP contribution in [0.2, 0.25) is 5.02 Å². The van der Waals surface area contributed by atoms with Crippen LogP contribution in [0.1, 0.15) is 56.4 Å². The Morgan fingerprint density at radius 3 is 2.62 bits per heavy atom. The lowest BCUT2D eigenvalue weighted by atomic mass is 10.1. The van der Waals surface area contributed by atoms with Gasteiger partial charge in [0, 0.05) is 18.7 Å². The quantitative estimate of drug-likeness (QED) is 0.775. The van der Waals surface area contributed by atoms with Crippen molar-refractivity contribution in [1.82, 2.24) is 19.7 Å². The topological polar surface area (TPSA) is 81.5 Å². The first-order chi connectivity index (χ1) is 14.1. The van der Waals surface area contributed by atoms with E-state index in [1.165, 1.54) is 20.0 Å². The largest absolute Gasteiger partial charge is 0.495 e. The Labute approximate surface area is 175 Å². The smallest absolute Gasteiger partial charge is 0.322 e. The summed E-state index contributed by atoms with van der Waals surface area (Å²) < 4.78 is 12.8. The fraction of sp³-hybridized carbons (Fsp3) is 0.550. The van der Waals surface area contributed by atoms with Crippen LogP contribution in [0.4, 0.5) is 10.5 Å². The van der Waals surface area contributed by atoms with E-state index in [0.29, 0.717) is 34.8 Å². The first-order valence-corrected chi connectivity index (χ1v) is 10.4. The highest BCUT2D eigenvalue weighted by atomic mass is 35.5. The zero-order valence-electron chi connectivity index (χ0n) is 16.7. The van der Waals surface area contributed by atoms with Crippen molar-refractivity contribution in [2.24, 2.45) is 0 Å². The Morgan fingerprint density at radius 2 is 1.90 bits per heavy atom. The lowest BCUT2D eigenvalue weighted by Crippen LogP contribution is -2.35. The van der Waals surface area contributed by atoms with Crippen LogP contribution in [-0.2, 0) is 0 Å². The molecule has 1 unspecified atom stereocenters. The maximum atomic E-state index is 13.1. The molecular formula is C20H26ClN5O3. The van der Waals surface area contributed by atoms with Gasteiger partial charge in [-0.1, -0.05) is 24.4 Å². The number of halogens is 1. The lowest BCUT2D eigenvalue weighted by Gasteiger charge is -2.26. The summed E-state index contributed by atoms with van der Waals surface area (Å²) in [6.07, 6.45) is 8.36. The average Bonchev–Trinajstić information content (AvgIpc) is 3.48. The van der Waals surface area contributed by atoms with E-state index in [0.717, 1.165) is 31.5 Å². The van der Waals surface area contributed by atoms with E-state index in [2.05, 4.69) is 20.1 Å². The fourth-order valence-corrected chi connectivity index (χ4v) is 4.62. The van der Waals surface area contributed by atoms with E-state index in [1.807, 2.05) is 11.2 Å². The number of nitrogens with zero attached hydrogens (tertiary/aromatic N) is 4. The summed E-state index contributed by atoms with van der Waals surface area (Å²) in [4.78, 5) is 14.9. The Hall–Kier alpha value is -2.48. The maximum Gasteiger partial charge on any atom is 0.322 e. The number of nitrogens with one attached hydrogen (secondary N) is 1. The zero-order valence-corrected chi connectivity index (χ0v) is 17.5. The van der Waals surface area contributed by atoms with Gasteiger partial charge in [-0.3, -0.25) is 0 Å². The third-order valence-corrected chi connectivity index (χ3v) is 6.14. The summed E-state index contributed by atoms with van der Waals surface area (Å²) in [5.74, 6) is 1.86. The molecule has 2 aliphatic rings. The number of methoxy groups -OCH3 is 2. The number of aromatic nitrogens is 3. The molecule has 1 saturated carbocycles. The minimum absolute atomic E-state index is 0.0854. The van der Waals surface area contributed by atoms with Crippen molar-refractivity contribution >= 4 is 23.3 Å². The van der Waals surface area contributed by atoms with Gasteiger partial charge < -0.3 is 24.3 Å². The van der Waals surface area contributed by atoms with E-state index in [4.69, 9.17) is 21.1 Å². The number of rotatable bonds is 5. The lowest BCUT2D eigenvalue weighted by molar-refractivity contribution is 0.202. The van der Waals surface area contributed by atoms with Crippen LogP contribution in [0.5, 0.6) is 11.5 Å². The Kier molecular flexibility index (Phi) is 5.80. The number of carbonyl (C=O) groups is 1. The summed E-state index contributed by atoms with van der Waals surface area (Å²) in [7, 11) is 3.08. The van der Waals surface area contributed by atoms with Crippen molar-refractivity contribution in [2.45, 2.75) is 50.6 Å². The number of urea groups is 1. The van der Waals surface area contributed by atoms with Crippen LogP contribution in [-0.4, -0.2) is 46.5 Å². The molecular weight excluding hydrogens is 394 g/mol. The Bertz CT molecular complexity index is 881. The van der Waals surface area contributed by atoms with Crippen molar-refractivity contribution < 1.29 is 14.3 Å². The molecule has 1 aliphatic heterocycles. The highest BCUT2D eigenvalue weighted by Crippen LogP contribution is 2.38. The molecule has 9 heteroatoms. The van der Waals surface area contributed by atoms with E-state index < -0.39 is 0 Å². The van der Waals surface area contributed by atoms with E-state index in [1.54, 1.807) is 19.2 Å². The summed E-state index contributed by atoms with van der Waals surface area (Å²) in [6, 6.07) is 3.45. The molecule has 4 rings (SSSR count). The van der Waals surface area contributed by atoms with Crippen molar-refractivity contribution in [3.63, 3.8) is 0 Å². The summed E-state index contributed by atoms with van der Waals surface area (Å²) in [5.41, 5.74) is 0.506. The van der Waals surface area contributed by atoms with Gasteiger partial charge in [0.25, 0.3) is 0 Å². The minimum atomic E-state index is -0.201. The van der Waals surface area contributed by atoms with Crippen LogP contribution in [0.3, 0.4) is 0 Å². The molecule has 1 aromatic heterocycles. The average molecular weight is 420 g/mol. The molecule has 1 saturated heterocycles. The number of likely N-dealkylation sites (tertiary alicyclic amines) is 1. The molecule has 0 radical (unpaired) electrons. The molecule has 0 spiro atoms. The number of carbonyl (C=O) groups excluding carboxylic acids is 1. The summed E-state index contributed by atoms with van der Waals surface area (Å²) in [5, 5.41) is 11.9. The van der Waals surface area contributed by atoms with Gasteiger partial charge in [-0.05, 0) is 31.7 Å². The molecule has 2 aromatic rings. The second kappa shape index (κ2) is 8.49. The minimum Gasteiger partial charge on any atom is -0.495 e. The molecule has 1 aromatic carbocycles. The second-order valence-corrected chi connectivity index (χ2v) is 7.91. The van der Waals surface area contributed by atoms with Gasteiger partial charge in [-0.15, -0.1) is 10.2 Å². The van der Waals surface area contributed by atoms with E-state index in [-0.39, 0.29) is 12.1 Å². The zero-order chi connectivity index (χ0) is 20.4. The van der Waals surface area contributed by atoms with Crippen molar-refractivity contribution in [3.05, 3.63) is 29.3 Å². The predicted octanol–water partition coefficient (Wildman–Crippen LogP) is 4.43. The number of ether oxygens (including phenoxy) is 2. The SMILES string of the molecule is COc1cc(OC)c(NC(=O)N2CCCC2c2nncn2C2CCCC2)cc1Cl. The first kappa shape index (κ1) is 19.8. The van der Waals surface area contributed by atoms with E-state index >= 15 is 0 Å². The van der Waals surface area contributed by atoms with Crippen molar-refractivity contribution in [3.8, 4) is 11.5 Å². The third kappa shape index (κ3) is 3.85. The molecule has 2 amide bonds. The molecule has 8 nitrogen and oxygen atoms in total. The number of benzene rings is 1. The van der Waals surface area contributed by atoms with Crippen LogP contribution in [0.25, 0.3) is 0 Å². The Balaban J connectivity index is 1.55. The summed E-state index contributed by atoms with van der Waals surface area (Å²) >= 11 is 6.24. The molecule has 29 heavy (non-hydrogen) atoms. The number of hydrogen-bond acceptors (Lipinski definition) is 5. The number of amides is 2. The molecule has 0 bridgehead atoms. The monoisotopic (exact) mass is 419 g/mol. The molecule has 2 heterocycles.